The molecule has 3 rings (SSSR count). The average Bonchev–Trinajstić information content (AvgIpc) is 2.77. The van der Waals surface area contributed by atoms with Gasteiger partial charge in [-0.3, -0.25) is 9.59 Å². The van der Waals surface area contributed by atoms with Gasteiger partial charge in [0.25, 0.3) is 5.91 Å². The van der Waals surface area contributed by atoms with Gasteiger partial charge in [-0.1, -0.05) is 38.5 Å². The quantitative estimate of drug-likeness (QED) is 0.828. The van der Waals surface area contributed by atoms with E-state index in [4.69, 9.17) is 0 Å². The van der Waals surface area contributed by atoms with Gasteiger partial charge in [-0.05, 0) is 24.1 Å². The second-order valence-electron chi connectivity index (χ2n) is 7.06. The highest BCUT2D eigenvalue weighted by atomic mass is 16.2. The largest absolute Gasteiger partial charge is 0.340 e. The highest BCUT2D eigenvalue weighted by Gasteiger charge is 2.32. The minimum atomic E-state index is -0.530. The van der Waals surface area contributed by atoms with Crippen molar-refractivity contribution in [1.29, 1.82) is 0 Å². The van der Waals surface area contributed by atoms with E-state index in [9.17, 15) is 9.59 Å². The Labute approximate surface area is 165 Å². The molecule has 1 fully saturated rings. The zero-order chi connectivity index (χ0) is 19.9. The van der Waals surface area contributed by atoms with Gasteiger partial charge in [0.15, 0.2) is 0 Å². The molecular weight excluding hydrogens is 354 g/mol. The van der Waals surface area contributed by atoms with Crippen LogP contribution in [-0.4, -0.2) is 58.9 Å². The van der Waals surface area contributed by atoms with Crippen molar-refractivity contribution in [3.8, 4) is 0 Å². The SMILES string of the molecule is CC[C@H](C)[C@@H](NC(=O)c1ccccc1)C(=O)N1CCN(c2ncccn2)CC1. The predicted octanol–water partition coefficient (Wildman–Crippen LogP) is 1.97. The van der Waals surface area contributed by atoms with E-state index in [1.807, 2.05) is 36.9 Å². The fourth-order valence-electron chi connectivity index (χ4n) is 3.28. The minimum Gasteiger partial charge on any atom is -0.340 e. The van der Waals surface area contributed by atoms with E-state index >= 15 is 0 Å². The van der Waals surface area contributed by atoms with Gasteiger partial charge < -0.3 is 15.1 Å². The van der Waals surface area contributed by atoms with Gasteiger partial charge in [0.2, 0.25) is 11.9 Å². The molecule has 0 bridgehead atoms. The Balaban J connectivity index is 1.64. The second-order valence-corrected chi connectivity index (χ2v) is 7.06. The topological polar surface area (TPSA) is 78.4 Å². The third-order valence-corrected chi connectivity index (χ3v) is 5.23. The summed E-state index contributed by atoms with van der Waals surface area (Å²) in [5.41, 5.74) is 0.564. The van der Waals surface area contributed by atoms with Crippen molar-refractivity contribution in [2.24, 2.45) is 5.92 Å². The zero-order valence-electron chi connectivity index (χ0n) is 16.4. The van der Waals surface area contributed by atoms with Gasteiger partial charge in [0.05, 0.1) is 0 Å². The van der Waals surface area contributed by atoms with Crippen LogP contribution in [0.2, 0.25) is 0 Å². The van der Waals surface area contributed by atoms with Crippen LogP contribution >= 0.6 is 0 Å². The fraction of sp³-hybridized carbons (Fsp3) is 0.429. The van der Waals surface area contributed by atoms with Crippen LogP contribution in [0.25, 0.3) is 0 Å². The summed E-state index contributed by atoms with van der Waals surface area (Å²) in [6.45, 7) is 6.56. The van der Waals surface area contributed by atoms with Gasteiger partial charge in [0, 0.05) is 44.1 Å². The molecular formula is C21H27N5O2. The first kappa shape index (κ1) is 19.8. The highest BCUT2D eigenvalue weighted by Crippen LogP contribution is 2.15. The van der Waals surface area contributed by atoms with Gasteiger partial charge in [-0.2, -0.15) is 0 Å². The number of amides is 2. The maximum atomic E-state index is 13.2. The second kappa shape index (κ2) is 9.30. The van der Waals surface area contributed by atoms with E-state index in [0.29, 0.717) is 37.7 Å². The lowest BCUT2D eigenvalue weighted by Gasteiger charge is -2.37. The van der Waals surface area contributed by atoms with Crippen molar-refractivity contribution in [3.05, 3.63) is 54.4 Å². The number of nitrogens with zero attached hydrogens (tertiary/aromatic N) is 4. The lowest BCUT2D eigenvalue weighted by atomic mass is 9.97. The van der Waals surface area contributed by atoms with E-state index in [1.165, 1.54) is 0 Å². The molecule has 0 aliphatic carbocycles. The molecule has 7 nitrogen and oxygen atoms in total. The van der Waals surface area contributed by atoms with E-state index in [-0.39, 0.29) is 17.7 Å². The molecule has 1 saturated heterocycles. The summed E-state index contributed by atoms with van der Waals surface area (Å²) in [6, 6.07) is 10.3. The third-order valence-electron chi connectivity index (χ3n) is 5.23. The van der Waals surface area contributed by atoms with Gasteiger partial charge >= 0.3 is 0 Å². The summed E-state index contributed by atoms with van der Waals surface area (Å²) in [4.78, 5) is 38.2. The van der Waals surface area contributed by atoms with Crippen LogP contribution in [0.3, 0.4) is 0 Å². The van der Waals surface area contributed by atoms with Crippen molar-refractivity contribution in [3.63, 3.8) is 0 Å². The maximum Gasteiger partial charge on any atom is 0.251 e. The Bertz CT molecular complexity index is 776. The molecule has 2 atom stereocenters. The van der Waals surface area contributed by atoms with Crippen molar-refractivity contribution >= 4 is 17.8 Å². The maximum absolute atomic E-state index is 13.2. The summed E-state index contributed by atoms with van der Waals surface area (Å²) in [7, 11) is 0. The summed E-state index contributed by atoms with van der Waals surface area (Å²) in [6.07, 6.45) is 4.25. The number of piperazine rings is 1. The van der Waals surface area contributed by atoms with Gasteiger partial charge in [0.1, 0.15) is 6.04 Å². The Morgan fingerprint density at radius 2 is 1.68 bits per heavy atom. The van der Waals surface area contributed by atoms with E-state index in [1.54, 1.807) is 30.6 Å². The first-order chi connectivity index (χ1) is 13.6. The summed E-state index contributed by atoms with van der Waals surface area (Å²) < 4.78 is 0. The molecule has 28 heavy (non-hydrogen) atoms. The van der Waals surface area contributed by atoms with Crippen LogP contribution in [0.1, 0.15) is 30.6 Å². The van der Waals surface area contributed by atoms with Crippen LogP contribution in [0.15, 0.2) is 48.8 Å². The predicted molar refractivity (Wildman–Crippen MR) is 108 cm³/mol. The molecule has 0 unspecified atom stereocenters. The molecule has 1 aliphatic heterocycles. The van der Waals surface area contributed by atoms with Gasteiger partial charge in [-0.25, -0.2) is 9.97 Å². The third kappa shape index (κ3) is 4.65. The first-order valence-corrected chi connectivity index (χ1v) is 9.76. The monoisotopic (exact) mass is 381 g/mol. The standard InChI is InChI=1S/C21H27N5O2/c1-3-16(2)18(24-19(27)17-8-5-4-6-9-17)20(28)25-12-14-26(15-13-25)21-22-10-7-11-23-21/h4-11,16,18H,3,12-15H2,1-2H3,(H,24,27)/t16-,18+/m0/s1. The Hall–Kier alpha value is -2.96. The lowest BCUT2D eigenvalue weighted by Crippen LogP contribution is -2.57. The molecule has 0 saturated carbocycles. The summed E-state index contributed by atoms with van der Waals surface area (Å²) in [5, 5.41) is 2.96. The van der Waals surface area contributed by atoms with Crippen LogP contribution in [0.5, 0.6) is 0 Å². The molecule has 7 heteroatoms. The van der Waals surface area contributed by atoms with Crippen LogP contribution in [-0.2, 0) is 4.79 Å². The average molecular weight is 381 g/mol. The number of aromatic nitrogens is 2. The Kier molecular flexibility index (Phi) is 6.57. The smallest absolute Gasteiger partial charge is 0.251 e. The number of hydrogen-bond acceptors (Lipinski definition) is 5. The number of rotatable bonds is 6. The molecule has 1 aliphatic rings. The summed E-state index contributed by atoms with van der Waals surface area (Å²) in [5.74, 6) is 0.504. The van der Waals surface area contributed by atoms with Crippen molar-refractivity contribution < 1.29 is 9.59 Å². The fourth-order valence-corrected chi connectivity index (χ4v) is 3.28. The van der Waals surface area contributed by atoms with Crippen molar-refractivity contribution in [2.45, 2.75) is 26.3 Å². The molecule has 2 aromatic rings. The number of carbonyl (C=O) groups is 2. The number of benzene rings is 1. The normalized spacial score (nSPS) is 16.4. The first-order valence-electron chi connectivity index (χ1n) is 9.76. The number of carbonyl (C=O) groups excluding carboxylic acids is 2. The molecule has 1 N–H and O–H groups in total. The van der Waals surface area contributed by atoms with E-state index in [0.717, 1.165) is 6.42 Å². The van der Waals surface area contributed by atoms with Gasteiger partial charge in [-0.15, -0.1) is 0 Å². The Morgan fingerprint density at radius 3 is 2.29 bits per heavy atom. The highest BCUT2D eigenvalue weighted by molar-refractivity contribution is 5.97. The summed E-state index contributed by atoms with van der Waals surface area (Å²) >= 11 is 0. The number of nitrogens with one attached hydrogen (secondary N) is 1. The molecule has 2 amide bonds. The van der Waals surface area contributed by atoms with E-state index in [2.05, 4.69) is 20.2 Å². The van der Waals surface area contributed by atoms with Crippen molar-refractivity contribution in [2.75, 3.05) is 31.1 Å². The molecule has 2 heterocycles. The minimum absolute atomic E-state index is 0.0211. The molecule has 1 aromatic heterocycles. The molecule has 148 valence electrons. The number of anilines is 1. The van der Waals surface area contributed by atoms with Crippen LogP contribution in [0, 0.1) is 5.92 Å². The zero-order valence-corrected chi connectivity index (χ0v) is 16.4. The Morgan fingerprint density at radius 1 is 1.04 bits per heavy atom. The molecule has 1 aromatic carbocycles. The van der Waals surface area contributed by atoms with Crippen molar-refractivity contribution in [1.82, 2.24) is 20.2 Å². The molecule has 0 radical (unpaired) electrons. The molecule has 0 spiro atoms. The van der Waals surface area contributed by atoms with Crippen LogP contribution < -0.4 is 10.2 Å². The van der Waals surface area contributed by atoms with E-state index < -0.39 is 6.04 Å². The lowest BCUT2D eigenvalue weighted by molar-refractivity contribution is -0.134. The number of hydrogen-bond donors (Lipinski definition) is 1. The van der Waals surface area contributed by atoms with Crippen LogP contribution in [0.4, 0.5) is 5.95 Å².